The van der Waals surface area contributed by atoms with Gasteiger partial charge in [0.1, 0.15) is 5.84 Å². The Labute approximate surface area is 219 Å². The van der Waals surface area contributed by atoms with Crippen LogP contribution in [0, 0.1) is 22.7 Å². The summed E-state index contributed by atoms with van der Waals surface area (Å²) >= 11 is 0. The van der Waals surface area contributed by atoms with Crippen LogP contribution in [0.1, 0.15) is 57.1 Å². The highest BCUT2D eigenvalue weighted by Crippen LogP contribution is 2.40. The topological polar surface area (TPSA) is 124 Å². The highest BCUT2D eigenvalue weighted by Gasteiger charge is 2.31. The second kappa shape index (κ2) is 11.2. The number of ether oxygens (including phenoxy) is 1. The first-order valence-electron chi connectivity index (χ1n) is 12.9. The third-order valence-corrected chi connectivity index (χ3v) is 7.46. The number of nitriles is 1. The van der Waals surface area contributed by atoms with Gasteiger partial charge in [0.15, 0.2) is 0 Å². The van der Waals surface area contributed by atoms with E-state index in [0.717, 1.165) is 47.9 Å². The van der Waals surface area contributed by atoms with Crippen molar-refractivity contribution in [3.8, 4) is 17.2 Å². The number of anilines is 1. The predicted octanol–water partition coefficient (Wildman–Crippen LogP) is 3.76. The largest absolute Gasteiger partial charge is 0.402 e. The van der Waals surface area contributed by atoms with Crippen molar-refractivity contribution in [2.45, 2.75) is 46.0 Å². The van der Waals surface area contributed by atoms with Crippen LogP contribution in [0.15, 0.2) is 35.8 Å². The number of nitrogens with zero attached hydrogens (tertiary/aromatic N) is 5. The van der Waals surface area contributed by atoms with Crippen LogP contribution in [-0.4, -0.2) is 59.3 Å². The predicted molar refractivity (Wildman–Crippen MR) is 144 cm³/mol. The summed E-state index contributed by atoms with van der Waals surface area (Å²) in [7, 11) is 1.85. The van der Waals surface area contributed by atoms with E-state index >= 15 is 0 Å². The lowest BCUT2D eigenvalue weighted by atomic mass is 9.86. The molecule has 0 radical (unpaired) electrons. The summed E-state index contributed by atoms with van der Waals surface area (Å²) in [5.41, 5.74) is 11.9. The normalized spacial score (nSPS) is 21.2. The molecular weight excluding hydrogens is 466 g/mol. The number of aromatic nitrogens is 2. The molecule has 2 atom stereocenters. The average molecular weight is 504 g/mol. The van der Waals surface area contributed by atoms with Crippen LogP contribution in [0.3, 0.4) is 0 Å². The Hall–Kier alpha value is -3.64. The number of nitrogens with two attached hydrogens (primary N) is 1. The van der Waals surface area contributed by atoms with Crippen LogP contribution >= 0.6 is 0 Å². The van der Waals surface area contributed by atoms with Gasteiger partial charge in [-0.2, -0.15) is 10.4 Å². The molecule has 1 aromatic carbocycles. The average Bonchev–Trinajstić information content (AvgIpc) is 3.54. The number of hydrogen-bond donors (Lipinski definition) is 2. The number of aryl methyl sites for hydroxylation is 1. The Kier molecular flexibility index (Phi) is 7.98. The van der Waals surface area contributed by atoms with Crippen molar-refractivity contribution in [3.63, 3.8) is 0 Å². The zero-order valence-electron chi connectivity index (χ0n) is 22.3. The monoisotopic (exact) mass is 503 g/mol. The summed E-state index contributed by atoms with van der Waals surface area (Å²) < 4.78 is 6.78. The van der Waals surface area contributed by atoms with Crippen LogP contribution in [-0.2, 0) is 16.6 Å². The van der Waals surface area contributed by atoms with Crippen LogP contribution in [0.5, 0.6) is 0 Å². The molecular formula is C28H37N7O2. The van der Waals surface area contributed by atoms with E-state index in [9.17, 15) is 10.1 Å². The van der Waals surface area contributed by atoms with E-state index in [1.165, 1.54) is 6.42 Å². The SMILES string of the molecule is CC(=O)N1CCC(N)=C(C(=N)N2CCC(C)c3cc(-c4cnn(C)c4)c(C#N)cc32)C1.C[C@H]1CCOC1. The summed E-state index contributed by atoms with van der Waals surface area (Å²) in [4.78, 5) is 15.5. The molecule has 0 saturated carbocycles. The molecule has 2 aromatic rings. The first kappa shape index (κ1) is 26.4. The van der Waals surface area contributed by atoms with Gasteiger partial charge in [0.2, 0.25) is 5.91 Å². The Morgan fingerprint density at radius 1 is 1.27 bits per heavy atom. The van der Waals surface area contributed by atoms with Gasteiger partial charge in [0.25, 0.3) is 0 Å². The molecule has 3 aliphatic rings. The molecule has 196 valence electrons. The highest BCUT2D eigenvalue weighted by atomic mass is 16.5. The maximum atomic E-state index is 11.9. The smallest absolute Gasteiger partial charge is 0.219 e. The lowest BCUT2D eigenvalue weighted by molar-refractivity contribution is -0.128. The summed E-state index contributed by atoms with van der Waals surface area (Å²) in [6.45, 7) is 9.50. The molecule has 1 aromatic heterocycles. The third-order valence-electron chi connectivity index (χ3n) is 7.46. The minimum Gasteiger partial charge on any atom is -0.402 e. The Morgan fingerprint density at radius 2 is 2.05 bits per heavy atom. The lowest BCUT2D eigenvalue weighted by Crippen LogP contribution is -2.44. The Morgan fingerprint density at radius 3 is 2.62 bits per heavy atom. The molecule has 0 spiro atoms. The molecule has 0 aliphatic carbocycles. The van der Waals surface area contributed by atoms with E-state index in [-0.39, 0.29) is 5.91 Å². The van der Waals surface area contributed by atoms with Gasteiger partial charge in [0.05, 0.1) is 24.4 Å². The van der Waals surface area contributed by atoms with Crippen molar-refractivity contribution in [1.82, 2.24) is 14.7 Å². The quantitative estimate of drug-likeness (QED) is 0.475. The minimum atomic E-state index is -0.0154. The van der Waals surface area contributed by atoms with Gasteiger partial charge in [-0.15, -0.1) is 0 Å². The molecule has 0 bridgehead atoms. The fraction of sp³-hybridized carbons (Fsp3) is 0.500. The summed E-state index contributed by atoms with van der Waals surface area (Å²) in [5, 5.41) is 23.0. The van der Waals surface area contributed by atoms with Crippen LogP contribution in [0.4, 0.5) is 5.69 Å². The van der Waals surface area contributed by atoms with E-state index in [4.69, 9.17) is 15.9 Å². The van der Waals surface area contributed by atoms with Gasteiger partial charge in [-0.25, -0.2) is 0 Å². The summed E-state index contributed by atoms with van der Waals surface area (Å²) in [5.74, 6) is 1.42. The van der Waals surface area contributed by atoms with Crippen molar-refractivity contribution in [2.75, 3.05) is 37.7 Å². The van der Waals surface area contributed by atoms with Crippen LogP contribution in [0.2, 0.25) is 0 Å². The molecule has 1 unspecified atom stereocenters. The molecule has 3 aliphatic heterocycles. The second-order valence-electron chi connectivity index (χ2n) is 10.3. The highest BCUT2D eigenvalue weighted by molar-refractivity contribution is 6.09. The number of carbonyl (C=O) groups excluding carboxylic acids is 1. The van der Waals surface area contributed by atoms with Gasteiger partial charge in [-0.05, 0) is 42.4 Å². The fourth-order valence-corrected chi connectivity index (χ4v) is 5.04. The number of nitrogens with one attached hydrogen (secondary N) is 1. The maximum absolute atomic E-state index is 11.9. The van der Waals surface area contributed by atoms with E-state index in [0.29, 0.717) is 54.6 Å². The lowest BCUT2D eigenvalue weighted by Gasteiger charge is -2.38. The molecule has 37 heavy (non-hydrogen) atoms. The zero-order valence-corrected chi connectivity index (χ0v) is 22.3. The number of hydrogen-bond acceptors (Lipinski definition) is 6. The van der Waals surface area contributed by atoms with Gasteiger partial charge in [-0.1, -0.05) is 13.8 Å². The number of amidine groups is 1. The van der Waals surface area contributed by atoms with Gasteiger partial charge in [-0.3, -0.25) is 14.9 Å². The van der Waals surface area contributed by atoms with E-state index in [2.05, 4.69) is 31.1 Å². The van der Waals surface area contributed by atoms with E-state index in [1.807, 2.05) is 24.2 Å². The minimum absolute atomic E-state index is 0.0154. The molecule has 1 saturated heterocycles. The molecule has 1 fully saturated rings. The molecule has 9 nitrogen and oxygen atoms in total. The van der Waals surface area contributed by atoms with E-state index < -0.39 is 0 Å². The Balaban J connectivity index is 0.000000469. The number of rotatable bonds is 2. The van der Waals surface area contributed by atoms with Gasteiger partial charge < -0.3 is 20.3 Å². The first-order valence-corrected chi connectivity index (χ1v) is 12.9. The molecule has 1 amide bonds. The number of fused-ring (bicyclic) bond motifs is 1. The van der Waals surface area contributed by atoms with Gasteiger partial charge >= 0.3 is 0 Å². The van der Waals surface area contributed by atoms with E-state index in [1.54, 1.807) is 22.7 Å². The Bertz CT molecular complexity index is 1250. The zero-order chi connectivity index (χ0) is 26.7. The number of carbonyl (C=O) groups is 1. The number of amides is 1. The van der Waals surface area contributed by atoms with Crippen molar-refractivity contribution < 1.29 is 9.53 Å². The fourth-order valence-electron chi connectivity index (χ4n) is 5.04. The van der Waals surface area contributed by atoms with Crippen LogP contribution < -0.4 is 10.6 Å². The molecule has 3 N–H and O–H groups in total. The number of benzene rings is 1. The van der Waals surface area contributed by atoms with Crippen LogP contribution in [0.25, 0.3) is 11.1 Å². The second-order valence-corrected chi connectivity index (χ2v) is 10.3. The summed E-state index contributed by atoms with van der Waals surface area (Å²) in [6.07, 6.45) is 6.38. The van der Waals surface area contributed by atoms with Crippen molar-refractivity contribution in [1.29, 1.82) is 10.7 Å². The first-order chi connectivity index (χ1) is 17.7. The third kappa shape index (κ3) is 5.70. The molecule has 5 rings (SSSR count). The molecule has 9 heteroatoms. The maximum Gasteiger partial charge on any atom is 0.219 e. The van der Waals surface area contributed by atoms with Crippen molar-refractivity contribution in [3.05, 3.63) is 46.9 Å². The standard InChI is InChI=1S/C23H27N7O.C5H10O/c1-14-4-7-30(23(26)20-13-29(15(2)31)6-5-21(20)25)22-8-16(10-24)19(9-18(14)22)17-11-27-28(3)12-17;1-5-2-3-6-4-5/h8-9,11-12,14,26H,4-7,13,25H2,1-3H3;5H,2-4H2,1H3/t;5-/m.0/s1. The van der Waals surface area contributed by atoms with Crippen molar-refractivity contribution in [2.24, 2.45) is 18.7 Å². The van der Waals surface area contributed by atoms with Crippen molar-refractivity contribution >= 4 is 17.4 Å². The molecule has 4 heterocycles. The van der Waals surface area contributed by atoms with Gasteiger partial charge in [0, 0.05) is 81.0 Å². The summed E-state index contributed by atoms with van der Waals surface area (Å²) in [6, 6.07) is 6.26.